The largest absolute Gasteiger partial charge is 0.361 e. The van der Waals surface area contributed by atoms with Gasteiger partial charge >= 0.3 is 0 Å². The Kier molecular flexibility index (Phi) is 2.02. The molecule has 2 aromatic rings. The summed E-state index contributed by atoms with van der Waals surface area (Å²) in [5, 5.41) is 7.95. The summed E-state index contributed by atoms with van der Waals surface area (Å²) in [7, 11) is 0. The van der Waals surface area contributed by atoms with Crippen LogP contribution in [0, 0.1) is 6.92 Å². The number of aryl methyl sites for hydroxylation is 1. The molecule has 0 saturated heterocycles. The van der Waals surface area contributed by atoms with E-state index in [1.165, 1.54) is 0 Å². The molecule has 6 heteroatoms. The molecule has 2 rings (SSSR count). The topological polar surface area (TPSA) is 56.7 Å². The predicted octanol–water partition coefficient (Wildman–Crippen LogP) is 1.28. The molecule has 0 bridgehead atoms. The highest BCUT2D eigenvalue weighted by Gasteiger charge is 2.02. The molecule has 0 amide bonds. The highest BCUT2D eigenvalue weighted by molar-refractivity contribution is 6.28. The Morgan fingerprint density at radius 3 is 3.00 bits per heavy atom. The Hall–Kier alpha value is -1.36. The second kappa shape index (κ2) is 3.18. The van der Waals surface area contributed by atoms with Crippen molar-refractivity contribution in [2.45, 2.75) is 13.5 Å². The molecule has 68 valence electrons. The molecule has 0 spiro atoms. The Balaban J connectivity index is 2.14. The van der Waals surface area contributed by atoms with Gasteiger partial charge in [-0.2, -0.15) is 0 Å². The van der Waals surface area contributed by atoms with Gasteiger partial charge in [0.05, 0.1) is 6.54 Å². The summed E-state index contributed by atoms with van der Waals surface area (Å²) in [6.45, 7) is 2.36. The highest BCUT2D eigenvalue weighted by atomic mass is 35.5. The van der Waals surface area contributed by atoms with Gasteiger partial charge in [-0.3, -0.25) is 0 Å². The van der Waals surface area contributed by atoms with Crippen LogP contribution in [0.5, 0.6) is 0 Å². The van der Waals surface area contributed by atoms with Crippen LogP contribution in [0.1, 0.15) is 11.5 Å². The smallest absolute Gasteiger partial charge is 0.242 e. The number of hydrogen-bond donors (Lipinski definition) is 0. The summed E-state index contributed by atoms with van der Waals surface area (Å²) in [5.74, 6) is 0.779. The second-order valence-electron chi connectivity index (χ2n) is 2.64. The third kappa shape index (κ3) is 1.86. The SMILES string of the molecule is Cc1cc(Cn2cnc(Cl)n2)no1. The molecule has 0 saturated carbocycles. The number of aromatic nitrogens is 4. The van der Waals surface area contributed by atoms with E-state index in [1.54, 1.807) is 11.0 Å². The third-order valence-electron chi connectivity index (χ3n) is 1.51. The Morgan fingerprint density at radius 2 is 2.46 bits per heavy atom. The van der Waals surface area contributed by atoms with Crippen LogP contribution >= 0.6 is 11.6 Å². The number of hydrogen-bond acceptors (Lipinski definition) is 4. The molecular formula is C7H7ClN4O. The summed E-state index contributed by atoms with van der Waals surface area (Å²) in [6, 6.07) is 1.84. The maximum Gasteiger partial charge on any atom is 0.242 e. The summed E-state index contributed by atoms with van der Waals surface area (Å²) in [4.78, 5) is 3.78. The molecule has 0 unspecified atom stereocenters. The molecule has 13 heavy (non-hydrogen) atoms. The zero-order valence-electron chi connectivity index (χ0n) is 6.94. The first kappa shape index (κ1) is 8.25. The lowest BCUT2D eigenvalue weighted by Gasteiger charge is -1.92. The normalized spacial score (nSPS) is 10.6. The van der Waals surface area contributed by atoms with Gasteiger partial charge in [0.1, 0.15) is 17.8 Å². The van der Waals surface area contributed by atoms with Crippen molar-refractivity contribution in [1.29, 1.82) is 0 Å². The second-order valence-corrected chi connectivity index (χ2v) is 2.98. The fourth-order valence-electron chi connectivity index (χ4n) is 1.01. The van der Waals surface area contributed by atoms with Crippen molar-refractivity contribution in [3.05, 3.63) is 29.1 Å². The quantitative estimate of drug-likeness (QED) is 0.730. The Bertz CT molecular complexity index is 370. The Labute approximate surface area is 79.3 Å². The van der Waals surface area contributed by atoms with Gasteiger partial charge in [-0.15, -0.1) is 5.10 Å². The number of nitrogens with zero attached hydrogens (tertiary/aromatic N) is 4. The van der Waals surface area contributed by atoms with Crippen LogP contribution in [-0.2, 0) is 6.54 Å². The van der Waals surface area contributed by atoms with Gasteiger partial charge in [0.25, 0.3) is 0 Å². The lowest BCUT2D eigenvalue weighted by atomic mass is 10.4. The highest BCUT2D eigenvalue weighted by Crippen LogP contribution is 2.04. The van der Waals surface area contributed by atoms with E-state index in [0.717, 1.165) is 11.5 Å². The monoisotopic (exact) mass is 198 g/mol. The molecular weight excluding hydrogens is 192 g/mol. The van der Waals surface area contributed by atoms with Crippen LogP contribution in [0.25, 0.3) is 0 Å². The maximum atomic E-state index is 5.54. The van der Waals surface area contributed by atoms with Crippen LogP contribution in [-0.4, -0.2) is 19.9 Å². The van der Waals surface area contributed by atoms with Crippen molar-refractivity contribution in [2.75, 3.05) is 0 Å². The zero-order valence-corrected chi connectivity index (χ0v) is 7.69. The molecule has 0 aliphatic carbocycles. The average Bonchev–Trinajstić information content (AvgIpc) is 2.62. The predicted molar refractivity (Wildman–Crippen MR) is 45.4 cm³/mol. The van der Waals surface area contributed by atoms with Crippen molar-refractivity contribution in [3.8, 4) is 0 Å². The van der Waals surface area contributed by atoms with Gasteiger partial charge in [-0.1, -0.05) is 5.16 Å². The first-order valence-electron chi connectivity index (χ1n) is 3.71. The van der Waals surface area contributed by atoms with Gasteiger partial charge in [0, 0.05) is 6.07 Å². The molecule has 0 aliphatic rings. The molecule has 0 aromatic carbocycles. The van der Waals surface area contributed by atoms with Crippen LogP contribution in [0.4, 0.5) is 0 Å². The van der Waals surface area contributed by atoms with Gasteiger partial charge in [0.2, 0.25) is 5.28 Å². The lowest BCUT2D eigenvalue weighted by Crippen LogP contribution is -1.99. The molecule has 0 atom stereocenters. The van der Waals surface area contributed by atoms with E-state index >= 15 is 0 Å². The summed E-state index contributed by atoms with van der Waals surface area (Å²) in [5.41, 5.74) is 0.805. The van der Waals surface area contributed by atoms with E-state index in [1.807, 2.05) is 13.0 Å². The van der Waals surface area contributed by atoms with Crippen molar-refractivity contribution >= 4 is 11.6 Å². The van der Waals surface area contributed by atoms with E-state index < -0.39 is 0 Å². The van der Waals surface area contributed by atoms with Crippen LogP contribution in [0.2, 0.25) is 5.28 Å². The van der Waals surface area contributed by atoms with E-state index in [0.29, 0.717) is 6.54 Å². The standard InChI is InChI=1S/C7H7ClN4O/c1-5-2-6(11-13-5)3-12-4-9-7(8)10-12/h2,4H,3H2,1H3. The van der Waals surface area contributed by atoms with Crippen molar-refractivity contribution in [1.82, 2.24) is 19.9 Å². The van der Waals surface area contributed by atoms with Crippen LogP contribution < -0.4 is 0 Å². The minimum absolute atomic E-state index is 0.236. The van der Waals surface area contributed by atoms with Gasteiger partial charge in [0.15, 0.2) is 0 Å². The van der Waals surface area contributed by atoms with Crippen molar-refractivity contribution < 1.29 is 4.52 Å². The van der Waals surface area contributed by atoms with Gasteiger partial charge in [-0.05, 0) is 18.5 Å². The number of halogens is 1. The van der Waals surface area contributed by atoms with Gasteiger partial charge in [-0.25, -0.2) is 9.67 Å². The first-order chi connectivity index (χ1) is 6.24. The molecule has 0 N–H and O–H groups in total. The fraction of sp³-hybridized carbons (Fsp3) is 0.286. The molecule has 2 heterocycles. The van der Waals surface area contributed by atoms with E-state index in [9.17, 15) is 0 Å². The minimum atomic E-state index is 0.236. The van der Waals surface area contributed by atoms with Crippen LogP contribution in [0.15, 0.2) is 16.9 Å². The average molecular weight is 199 g/mol. The summed E-state index contributed by atoms with van der Waals surface area (Å²) in [6.07, 6.45) is 1.55. The van der Waals surface area contributed by atoms with Crippen molar-refractivity contribution in [2.24, 2.45) is 0 Å². The Morgan fingerprint density at radius 1 is 1.62 bits per heavy atom. The molecule has 2 aromatic heterocycles. The number of rotatable bonds is 2. The minimum Gasteiger partial charge on any atom is -0.361 e. The van der Waals surface area contributed by atoms with Crippen molar-refractivity contribution in [3.63, 3.8) is 0 Å². The van der Waals surface area contributed by atoms with Gasteiger partial charge < -0.3 is 4.52 Å². The van der Waals surface area contributed by atoms with E-state index in [2.05, 4.69) is 15.2 Å². The maximum absolute atomic E-state index is 5.54. The van der Waals surface area contributed by atoms with Crippen LogP contribution in [0.3, 0.4) is 0 Å². The molecule has 5 nitrogen and oxygen atoms in total. The molecule has 0 fully saturated rings. The zero-order chi connectivity index (χ0) is 9.26. The lowest BCUT2D eigenvalue weighted by molar-refractivity contribution is 0.387. The summed E-state index contributed by atoms with van der Waals surface area (Å²) < 4.78 is 6.50. The third-order valence-corrected chi connectivity index (χ3v) is 1.68. The fourth-order valence-corrected chi connectivity index (χ4v) is 1.15. The molecule has 0 aliphatic heterocycles. The summed E-state index contributed by atoms with van der Waals surface area (Å²) >= 11 is 5.54. The first-order valence-corrected chi connectivity index (χ1v) is 4.09. The van der Waals surface area contributed by atoms with E-state index in [4.69, 9.17) is 16.1 Å². The molecule has 0 radical (unpaired) electrons. The van der Waals surface area contributed by atoms with E-state index in [-0.39, 0.29) is 5.28 Å².